The minimum absolute atomic E-state index is 0.000275. The average Bonchev–Trinajstić information content (AvgIpc) is 2.91. The van der Waals surface area contributed by atoms with Gasteiger partial charge in [-0.2, -0.15) is 0 Å². The summed E-state index contributed by atoms with van der Waals surface area (Å²) in [5.41, 5.74) is 1.06. The number of phenolic OH excluding ortho intramolecular Hbond substituents is 1. The smallest absolute Gasteiger partial charge is 0.315 e. The Labute approximate surface area is 136 Å². The molecule has 1 aliphatic heterocycles. The molecule has 1 atom stereocenters. The maximum atomic E-state index is 11.8. The molecule has 0 bridgehead atoms. The lowest BCUT2D eigenvalue weighted by Crippen LogP contribution is -2.42. The summed E-state index contributed by atoms with van der Waals surface area (Å²) in [4.78, 5) is 25.1. The summed E-state index contributed by atoms with van der Waals surface area (Å²) in [7, 11) is 0. The molecule has 0 saturated carbocycles. The van der Waals surface area contributed by atoms with Crippen LogP contribution in [-0.4, -0.2) is 47.6 Å². The summed E-state index contributed by atoms with van der Waals surface area (Å²) < 4.78 is 0. The van der Waals surface area contributed by atoms with Gasteiger partial charge in [0, 0.05) is 32.1 Å². The Hall–Kier alpha value is -2.24. The fourth-order valence-corrected chi connectivity index (χ4v) is 2.72. The summed E-state index contributed by atoms with van der Waals surface area (Å²) in [5.74, 6) is 0.459. The van der Waals surface area contributed by atoms with Gasteiger partial charge in [-0.15, -0.1) is 0 Å². The topological polar surface area (TPSA) is 81.7 Å². The van der Waals surface area contributed by atoms with E-state index in [1.54, 1.807) is 12.1 Å². The van der Waals surface area contributed by atoms with E-state index in [-0.39, 0.29) is 23.7 Å². The first-order valence-corrected chi connectivity index (χ1v) is 8.14. The van der Waals surface area contributed by atoms with Crippen LogP contribution in [0.4, 0.5) is 4.79 Å². The third-order valence-corrected chi connectivity index (χ3v) is 3.92. The quantitative estimate of drug-likeness (QED) is 0.668. The van der Waals surface area contributed by atoms with Crippen LogP contribution in [0.2, 0.25) is 0 Å². The van der Waals surface area contributed by atoms with E-state index in [1.165, 1.54) is 0 Å². The summed E-state index contributed by atoms with van der Waals surface area (Å²) >= 11 is 0. The molecule has 1 heterocycles. The third-order valence-electron chi connectivity index (χ3n) is 3.92. The first kappa shape index (κ1) is 17.1. The van der Waals surface area contributed by atoms with Crippen molar-refractivity contribution in [3.05, 3.63) is 29.8 Å². The molecule has 6 heteroatoms. The van der Waals surface area contributed by atoms with E-state index in [4.69, 9.17) is 0 Å². The largest absolute Gasteiger partial charge is 0.508 e. The standard InChI is InChI=1S/C17H25N3O3/c1-13(12-14-5-7-15(21)8-6-14)19-17(23)18-9-3-11-20-10-2-4-16(20)22/h5-8,13,21H,2-4,9-12H2,1H3,(H2,18,19,23)/t13-/m0/s1. The molecule has 1 aliphatic rings. The molecule has 0 radical (unpaired) electrons. The van der Waals surface area contributed by atoms with Crippen LogP contribution in [0.25, 0.3) is 0 Å². The molecule has 23 heavy (non-hydrogen) atoms. The van der Waals surface area contributed by atoms with Gasteiger partial charge in [-0.3, -0.25) is 4.79 Å². The zero-order valence-corrected chi connectivity index (χ0v) is 13.5. The second-order valence-electron chi connectivity index (χ2n) is 6.01. The normalized spacial score (nSPS) is 15.5. The van der Waals surface area contributed by atoms with Gasteiger partial charge in [0.2, 0.25) is 5.91 Å². The molecule has 1 fully saturated rings. The number of rotatable bonds is 7. The number of nitrogens with one attached hydrogen (secondary N) is 2. The molecule has 2 rings (SSSR count). The highest BCUT2D eigenvalue weighted by Gasteiger charge is 2.19. The minimum atomic E-state index is -0.191. The molecule has 1 saturated heterocycles. The summed E-state index contributed by atoms with van der Waals surface area (Å²) in [6, 6.07) is 6.78. The average molecular weight is 319 g/mol. The Morgan fingerprint density at radius 3 is 2.74 bits per heavy atom. The number of urea groups is 1. The van der Waals surface area contributed by atoms with Crippen LogP contribution in [-0.2, 0) is 11.2 Å². The van der Waals surface area contributed by atoms with E-state index in [1.807, 2.05) is 24.0 Å². The highest BCUT2D eigenvalue weighted by Crippen LogP contribution is 2.11. The van der Waals surface area contributed by atoms with E-state index >= 15 is 0 Å². The van der Waals surface area contributed by atoms with Crippen LogP contribution in [0.3, 0.4) is 0 Å². The molecule has 0 spiro atoms. The zero-order chi connectivity index (χ0) is 16.7. The van der Waals surface area contributed by atoms with Crippen molar-refractivity contribution in [1.29, 1.82) is 0 Å². The molecule has 0 aromatic heterocycles. The predicted octanol–water partition coefficient (Wildman–Crippen LogP) is 1.63. The number of phenols is 1. The molecule has 126 valence electrons. The van der Waals surface area contributed by atoms with Crippen molar-refractivity contribution in [2.45, 2.75) is 38.6 Å². The fraction of sp³-hybridized carbons (Fsp3) is 0.529. The second kappa shape index (κ2) is 8.41. The minimum Gasteiger partial charge on any atom is -0.508 e. The van der Waals surface area contributed by atoms with Crippen LogP contribution in [0.15, 0.2) is 24.3 Å². The van der Waals surface area contributed by atoms with Crippen molar-refractivity contribution in [2.75, 3.05) is 19.6 Å². The van der Waals surface area contributed by atoms with Gasteiger partial charge in [0.25, 0.3) is 0 Å². The van der Waals surface area contributed by atoms with Crippen molar-refractivity contribution in [3.63, 3.8) is 0 Å². The Morgan fingerprint density at radius 1 is 1.35 bits per heavy atom. The molecular weight excluding hydrogens is 294 g/mol. The highest BCUT2D eigenvalue weighted by molar-refractivity contribution is 5.78. The Balaban J connectivity index is 1.60. The number of amides is 3. The van der Waals surface area contributed by atoms with E-state index in [2.05, 4.69) is 10.6 Å². The number of carbonyl (C=O) groups is 2. The number of carbonyl (C=O) groups excluding carboxylic acids is 2. The predicted molar refractivity (Wildman–Crippen MR) is 88.2 cm³/mol. The number of aromatic hydroxyl groups is 1. The maximum Gasteiger partial charge on any atom is 0.315 e. The van der Waals surface area contributed by atoms with Crippen LogP contribution in [0.5, 0.6) is 5.75 Å². The lowest BCUT2D eigenvalue weighted by molar-refractivity contribution is -0.127. The van der Waals surface area contributed by atoms with Crippen molar-refractivity contribution in [2.24, 2.45) is 0 Å². The Bertz CT molecular complexity index is 530. The second-order valence-corrected chi connectivity index (χ2v) is 6.01. The number of hydrogen-bond donors (Lipinski definition) is 3. The van der Waals surface area contributed by atoms with Gasteiger partial charge in [-0.25, -0.2) is 4.79 Å². The first-order chi connectivity index (χ1) is 11.0. The van der Waals surface area contributed by atoms with E-state index in [9.17, 15) is 14.7 Å². The summed E-state index contributed by atoms with van der Waals surface area (Å²) in [6.07, 6.45) is 3.08. The van der Waals surface area contributed by atoms with Crippen molar-refractivity contribution < 1.29 is 14.7 Å². The van der Waals surface area contributed by atoms with Crippen LogP contribution in [0, 0.1) is 0 Å². The van der Waals surface area contributed by atoms with Gasteiger partial charge in [0.1, 0.15) is 5.75 Å². The molecule has 0 aliphatic carbocycles. The van der Waals surface area contributed by atoms with Crippen molar-refractivity contribution >= 4 is 11.9 Å². The molecule has 1 aromatic carbocycles. The molecule has 0 unspecified atom stereocenters. The lowest BCUT2D eigenvalue weighted by atomic mass is 10.1. The maximum absolute atomic E-state index is 11.8. The van der Waals surface area contributed by atoms with Gasteiger partial charge in [-0.05, 0) is 43.9 Å². The zero-order valence-electron chi connectivity index (χ0n) is 13.5. The van der Waals surface area contributed by atoms with Crippen molar-refractivity contribution in [1.82, 2.24) is 15.5 Å². The SMILES string of the molecule is C[C@@H](Cc1ccc(O)cc1)NC(=O)NCCCN1CCCC1=O. The monoisotopic (exact) mass is 319 g/mol. The first-order valence-electron chi connectivity index (χ1n) is 8.14. The molecule has 3 amide bonds. The summed E-state index contributed by atoms with van der Waals surface area (Å²) in [6.45, 7) is 4.05. The van der Waals surface area contributed by atoms with Gasteiger partial charge < -0.3 is 20.6 Å². The molecule has 3 N–H and O–H groups in total. The van der Waals surface area contributed by atoms with Crippen LogP contribution in [0.1, 0.15) is 31.7 Å². The molecule has 6 nitrogen and oxygen atoms in total. The van der Waals surface area contributed by atoms with Crippen LogP contribution < -0.4 is 10.6 Å². The molecule has 1 aromatic rings. The Kier molecular flexibility index (Phi) is 6.26. The van der Waals surface area contributed by atoms with Crippen LogP contribution >= 0.6 is 0 Å². The highest BCUT2D eigenvalue weighted by atomic mass is 16.3. The fourth-order valence-electron chi connectivity index (χ4n) is 2.72. The van der Waals surface area contributed by atoms with Crippen molar-refractivity contribution in [3.8, 4) is 5.75 Å². The van der Waals surface area contributed by atoms with E-state index in [0.29, 0.717) is 25.9 Å². The third kappa shape index (κ3) is 5.81. The van der Waals surface area contributed by atoms with E-state index in [0.717, 1.165) is 24.9 Å². The van der Waals surface area contributed by atoms with Gasteiger partial charge in [-0.1, -0.05) is 12.1 Å². The molecular formula is C17H25N3O3. The lowest BCUT2D eigenvalue weighted by Gasteiger charge is -2.17. The van der Waals surface area contributed by atoms with Gasteiger partial charge >= 0.3 is 6.03 Å². The number of hydrogen-bond acceptors (Lipinski definition) is 3. The van der Waals surface area contributed by atoms with Gasteiger partial charge in [0.15, 0.2) is 0 Å². The number of likely N-dealkylation sites (tertiary alicyclic amines) is 1. The van der Waals surface area contributed by atoms with Gasteiger partial charge in [0.05, 0.1) is 0 Å². The number of nitrogens with zero attached hydrogens (tertiary/aromatic N) is 1. The summed E-state index contributed by atoms with van der Waals surface area (Å²) in [5, 5.41) is 15.0. The Morgan fingerprint density at radius 2 is 2.09 bits per heavy atom. The number of benzene rings is 1. The van der Waals surface area contributed by atoms with E-state index < -0.39 is 0 Å².